The minimum Gasteiger partial charge on any atom is -0.356 e. The summed E-state index contributed by atoms with van der Waals surface area (Å²) in [5.74, 6) is 2.53. The standard InChI is InChI=1S/C17H21BrN6/c1-23(17-19-9-13(18)10-20-17)14-4-6-24(7-5-14)16-8-15(12-2-3-12)21-11-22-16/h8-12,14H,2-7H2,1H3. The van der Waals surface area contributed by atoms with Crippen LogP contribution >= 0.6 is 15.9 Å². The minimum atomic E-state index is 0.465. The maximum Gasteiger partial charge on any atom is 0.225 e. The number of piperidine rings is 1. The van der Waals surface area contributed by atoms with Gasteiger partial charge in [0.1, 0.15) is 12.1 Å². The van der Waals surface area contributed by atoms with Crippen molar-refractivity contribution in [2.45, 2.75) is 37.6 Å². The molecule has 0 spiro atoms. The van der Waals surface area contributed by atoms with Gasteiger partial charge in [0, 0.05) is 56.3 Å². The van der Waals surface area contributed by atoms with Crippen molar-refractivity contribution in [1.29, 1.82) is 0 Å². The van der Waals surface area contributed by atoms with Gasteiger partial charge < -0.3 is 9.80 Å². The predicted molar refractivity (Wildman–Crippen MR) is 97.4 cm³/mol. The van der Waals surface area contributed by atoms with Crippen molar-refractivity contribution in [3.63, 3.8) is 0 Å². The lowest BCUT2D eigenvalue weighted by Gasteiger charge is -2.37. The summed E-state index contributed by atoms with van der Waals surface area (Å²) in [6.45, 7) is 2.01. The number of hydrogen-bond acceptors (Lipinski definition) is 6. The zero-order valence-electron chi connectivity index (χ0n) is 13.8. The molecule has 1 aliphatic carbocycles. The Morgan fingerprint density at radius 2 is 1.75 bits per heavy atom. The van der Waals surface area contributed by atoms with E-state index in [1.807, 2.05) is 0 Å². The fourth-order valence-corrected chi connectivity index (χ4v) is 3.47. The van der Waals surface area contributed by atoms with E-state index < -0.39 is 0 Å². The van der Waals surface area contributed by atoms with Crippen LogP contribution in [0.3, 0.4) is 0 Å². The Kier molecular flexibility index (Phi) is 4.35. The summed E-state index contributed by atoms with van der Waals surface area (Å²) in [6, 6.07) is 2.65. The van der Waals surface area contributed by atoms with Crippen LogP contribution in [0.1, 0.15) is 37.3 Å². The molecule has 0 bridgehead atoms. The Balaban J connectivity index is 1.39. The average molecular weight is 389 g/mol. The summed E-state index contributed by atoms with van der Waals surface area (Å²) in [7, 11) is 2.08. The Bertz CT molecular complexity index is 694. The molecule has 24 heavy (non-hydrogen) atoms. The maximum atomic E-state index is 4.48. The molecule has 3 heterocycles. The summed E-state index contributed by atoms with van der Waals surface area (Å²) in [5.41, 5.74) is 1.21. The van der Waals surface area contributed by atoms with Gasteiger partial charge in [0.05, 0.1) is 4.47 Å². The van der Waals surface area contributed by atoms with Crippen LogP contribution in [0, 0.1) is 0 Å². The summed E-state index contributed by atoms with van der Waals surface area (Å²) in [6.07, 6.45) is 10.0. The maximum absolute atomic E-state index is 4.48. The van der Waals surface area contributed by atoms with Gasteiger partial charge in [-0.05, 0) is 41.6 Å². The highest BCUT2D eigenvalue weighted by Crippen LogP contribution is 2.39. The molecular formula is C17H21BrN6. The second-order valence-electron chi connectivity index (χ2n) is 6.61. The monoisotopic (exact) mass is 388 g/mol. The largest absolute Gasteiger partial charge is 0.356 e. The molecule has 1 saturated heterocycles. The molecule has 1 aliphatic heterocycles. The SMILES string of the molecule is CN(c1ncc(Br)cn1)C1CCN(c2cc(C3CC3)ncn2)CC1. The molecule has 126 valence electrons. The quantitative estimate of drug-likeness (QED) is 0.801. The molecule has 2 aliphatic rings. The van der Waals surface area contributed by atoms with Crippen molar-refractivity contribution < 1.29 is 0 Å². The van der Waals surface area contributed by atoms with Gasteiger partial charge in [-0.3, -0.25) is 0 Å². The summed E-state index contributed by atoms with van der Waals surface area (Å²) < 4.78 is 0.907. The first-order valence-corrected chi connectivity index (χ1v) is 9.27. The molecule has 0 radical (unpaired) electrons. The van der Waals surface area contributed by atoms with Crippen molar-refractivity contribution in [3.05, 3.63) is 35.0 Å². The van der Waals surface area contributed by atoms with Crippen molar-refractivity contribution in [2.24, 2.45) is 0 Å². The van der Waals surface area contributed by atoms with Crippen LogP contribution in [-0.4, -0.2) is 46.1 Å². The van der Waals surface area contributed by atoms with E-state index in [-0.39, 0.29) is 0 Å². The number of rotatable bonds is 4. The van der Waals surface area contributed by atoms with Gasteiger partial charge in [0.15, 0.2) is 0 Å². The Morgan fingerprint density at radius 1 is 1.04 bits per heavy atom. The molecule has 1 saturated carbocycles. The van der Waals surface area contributed by atoms with Crippen molar-refractivity contribution >= 4 is 27.7 Å². The fourth-order valence-electron chi connectivity index (χ4n) is 3.27. The highest BCUT2D eigenvalue weighted by Gasteiger charge is 2.28. The van der Waals surface area contributed by atoms with E-state index in [1.165, 1.54) is 18.5 Å². The first-order chi connectivity index (χ1) is 11.7. The molecule has 0 amide bonds. The molecule has 2 aromatic heterocycles. The highest BCUT2D eigenvalue weighted by atomic mass is 79.9. The van der Waals surface area contributed by atoms with E-state index in [0.717, 1.165) is 42.2 Å². The molecule has 2 fully saturated rings. The van der Waals surface area contributed by atoms with Crippen LogP contribution in [0.25, 0.3) is 0 Å². The van der Waals surface area contributed by atoms with Crippen LogP contribution in [-0.2, 0) is 0 Å². The van der Waals surface area contributed by atoms with Crippen molar-refractivity contribution in [3.8, 4) is 0 Å². The fraction of sp³-hybridized carbons (Fsp3) is 0.529. The first kappa shape index (κ1) is 15.7. The molecule has 2 aromatic rings. The van der Waals surface area contributed by atoms with Crippen LogP contribution in [0.2, 0.25) is 0 Å². The minimum absolute atomic E-state index is 0.465. The Morgan fingerprint density at radius 3 is 2.42 bits per heavy atom. The highest BCUT2D eigenvalue weighted by molar-refractivity contribution is 9.10. The molecule has 6 nitrogen and oxygen atoms in total. The van der Waals surface area contributed by atoms with E-state index in [2.05, 4.69) is 58.8 Å². The molecule has 0 N–H and O–H groups in total. The average Bonchev–Trinajstić information content (AvgIpc) is 3.47. The van der Waals surface area contributed by atoms with Gasteiger partial charge in [0.25, 0.3) is 0 Å². The molecule has 0 unspecified atom stereocenters. The summed E-state index contributed by atoms with van der Waals surface area (Å²) in [5, 5.41) is 0. The lowest BCUT2D eigenvalue weighted by Crippen LogP contribution is -2.44. The smallest absolute Gasteiger partial charge is 0.225 e. The van der Waals surface area contributed by atoms with E-state index in [4.69, 9.17) is 0 Å². The Labute approximate surface area is 150 Å². The van der Waals surface area contributed by atoms with Crippen molar-refractivity contribution in [2.75, 3.05) is 29.9 Å². The Hall–Kier alpha value is -1.76. The number of nitrogens with zero attached hydrogens (tertiary/aromatic N) is 6. The van der Waals surface area contributed by atoms with Gasteiger partial charge >= 0.3 is 0 Å². The van der Waals surface area contributed by atoms with Crippen LogP contribution < -0.4 is 9.80 Å². The number of hydrogen-bond donors (Lipinski definition) is 0. The van der Waals surface area contributed by atoms with Gasteiger partial charge in [-0.2, -0.15) is 0 Å². The van der Waals surface area contributed by atoms with Crippen molar-refractivity contribution in [1.82, 2.24) is 19.9 Å². The zero-order valence-corrected chi connectivity index (χ0v) is 15.4. The van der Waals surface area contributed by atoms with Gasteiger partial charge in [-0.15, -0.1) is 0 Å². The lowest BCUT2D eigenvalue weighted by atomic mass is 10.0. The first-order valence-electron chi connectivity index (χ1n) is 8.48. The second-order valence-corrected chi connectivity index (χ2v) is 7.52. The van der Waals surface area contributed by atoms with Crippen LogP contribution in [0.15, 0.2) is 29.3 Å². The topological polar surface area (TPSA) is 58.0 Å². The third kappa shape index (κ3) is 3.36. The summed E-state index contributed by atoms with van der Waals surface area (Å²) >= 11 is 3.38. The third-order valence-electron chi connectivity index (χ3n) is 4.93. The lowest BCUT2D eigenvalue weighted by molar-refractivity contribution is 0.475. The number of anilines is 2. The van der Waals surface area contributed by atoms with Gasteiger partial charge in [-0.1, -0.05) is 0 Å². The second kappa shape index (κ2) is 6.63. The third-order valence-corrected chi connectivity index (χ3v) is 5.34. The molecular weight excluding hydrogens is 368 g/mol. The summed E-state index contributed by atoms with van der Waals surface area (Å²) in [4.78, 5) is 22.3. The van der Waals surface area contributed by atoms with Crippen LogP contribution in [0.5, 0.6) is 0 Å². The molecule has 0 atom stereocenters. The molecule has 0 aromatic carbocycles. The van der Waals surface area contributed by atoms with E-state index >= 15 is 0 Å². The van der Waals surface area contributed by atoms with E-state index in [9.17, 15) is 0 Å². The van der Waals surface area contributed by atoms with Crippen LogP contribution in [0.4, 0.5) is 11.8 Å². The predicted octanol–water partition coefficient (Wildman–Crippen LogP) is 3.01. The molecule has 7 heteroatoms. The van der Waals surface area contributed by atoms with Gasteiger partial charge in [0.2, 0.25) is 5.95 Å². The zero-order chi connectivity index (χ0) is 16.5. The van der Waals surface area contributed by atoms with E-state index in [0.29, 0.717) is 12.0 Å². The molecule has 4 rings (SSSR count). The van der Waals surface area contributed by atoms with Gasteiger partial charge in [-0.25, -0.2) is 19.9 Å². The number of aromatic nitrogens is 4. The normalized spacial score (nSPS) is 18.7. The number of halogens is 1. The van der Waals surface area contributed by atoms with E-state index in [1.54, 1.807) is 18.7 Å².